The van der Waals surface area contributed by atoms with Crippen molar-refractivity contribution < 1.29 is 14.3 Å². The number of nitrogens with one attached hydrogen (secondary N) is 3. The Bertz CT molecular complexity index is 745. The number of amides is 2. The number of benzene rings is 1. The SMILES string of the molecule is CCCCC(NC(=O)OCc1ccccc1)C(=O)Nc1n[nH]c(=S)s1. The zero-order valence-electron chi connectivity index (χ0n) is 13.8. The Hall–Kier alpha value is -2.26. The fourth-order valence-electron chi connectivity index (χ4n) is 2.06. The van der Waals surface area contributed by atoms with Gasteiger partial charge in [0.05, 0.1) is 0 Å². The van der Waals surface area contributed by atoms with Crippen LogP contribution in [0.1, 0.15) is 31.7 Å². The average molecular weight is 380 g/mol. The van der Waals surface area contributed by atoms with Crippen LogP contribution in [0.3, 0.4) is 0 Å². The van der Waals surface area contributed by atoms with Crippen molar-refractivity contribution >= 4 is 40.7 Å². The molecule has 0 fully saturated rings. The van der Waals surface area contributed by atoms with Crippen LogP contribution in [-0.2, 0) is 16.1 Å². The Morgan fingerprint density at radius 1 is 1.36 bits per heavy atom. The molecule has 2 aromatic rings. The van der Waals surface area contributed by atoms with Crippen molar-refractivity contribution in [1.29, 1.82) is 0 Å². The van der Waals surface area contributed by atoms with Gasteiger partial charge in [0.2, 0.25) is 11.0 Å². The quantitative estimate of drug-likeness (QED) is 0.608. The minimum Gasteiger partial charge on any atom is -0.445 e. The lowest BCUT2D eigenvalue weighted by Crippen LogP contribution is -2.44. The number of H-pyrrole nitrogens is 1. The maximum absolute atomic E-state index is 12.4. The zero-order chi connectivity index (χ0) is 18.1. The van der Waals surface area contributed by atoms with Crippen LogP contribution in [0.5, 0.6) is 0 Å². The summed E-state index contributed by atoms with van der Waals surface area (Å²) in [5, 5.41) is 12.1. The Labute approximate surface area is 154 Å². The molecule has 0 radical (unpaired) electrons. The maximum atomic E-state index is 12.4. The van der Waals surface area contributed by atoms with E-state index in [2.05, 4.69) is 20.8 Å². The monoisotopic (exact) mass is 380 g/mol. The van der Waals surface area contributed by atoms with Gasteiger partial charge in [-0.05, 0) is 24.2 Å². The van der Waals surface area contributed by atoms with E-state index in [-0.39, 0.29) is 12.5 Å². The van der Waals surface area contributed by atoms with Gasteiger partial charge in [0.1, 0.15) is 12.6 Å². The normalized spacial score (nSPS) is 11.6. The van der Waals surface area contributed by atoms with E-state index in [9.17, 15) is 9.59 Å². The van der Waals surface area contributed by atoms with Crippen LogP contribution in [0.25, 0.3) is 0 Å². The highest BCUT2D eigenvalue weighted by molar-refractivity contribution is 7.73. The van der Waals surface area contributed by atoms with Crippen LogP contribution in [0.2, 0.25) is 0 Å². The molecule has 7 nitrogen and oxygen atoms in total. The molecule has 1 heterocycles. The molecule has 0 saturated carbocycles. The molecular formula is C16H20N4O3S2. The van der Waals surface area contributed by atoms with Crippen LogP contribution in [0.15, 0.2) is 30.3 Å². The summed E-state index contributed by atoms with van der Waals surface area (Å²) in [6, 6.07) is 8.65. The third-order valence-corrected chi connectivity index (χ3v) is 4.34. The lowest BCUT2D eigenvalue weighted by atomic mass is 10.1. The van der Waals surface area contributed by atoms with Crippen molar-refractivity contribution in [2.45, 2.75) is 38.8 Å². The van der Waals surface area contributed by atoms with Crippen LogP contribution in [-0.4, -0.2) is 28.2 Å². The third-order valence-electron chi connectivity index (χ3n) is 3.34. The predicted octanol–water partition coefficient (Wildman–Crippen LogP) is 3.62. The molecule has 0 saturated heterocycles. The van der Waals surface area contributed by atoms with Gasteiger partial charge in [0.25, 0.3) is 0 Å². The molecule has 3 N–H and O–H groups in total. The van der Waals surface area contributed by atoms with E-state index in [0.717, 1.165) is 29.7 Å². The molecule has 0 bridgehead atoms. The lowest BCUT2D eigenvalue weighted by molar-refractivity contribution is -0.118. The van der Waals surface area contributed by atoms with Gasteiger partial charge in [-0.3, -0.25) is 15.2 Å². The number of aromatic amines is 1. The van der Waals surface area contributed by atoms with E-state index < -0.39 is 12.1 Å². The topological polar surface area (TPSA) is 96.1 Å². The van der Waals surface area contributed by atoms with Crippen LogP contribution in [0.4, 0.5) is 9.93 Å². The van der Waals surface area contributed by atoms with Gasteiger partial charge in [-0.25, -0.2) is 4.79 Å². The molecule has 1 unspecified atom stereocenters. The van der Waals surface area contributed by atoms with Gasteiger partial charge in [0.15, 0.2) is 3.95 Å². The second kappa shape index (κ2) is 9.90. The standard InChI is InChI=1S/C16H20N4O3S2/c1-2-3-9-12(13(21)18-14-19-20-16(24)25-14)17-15(22)23-10-11-7-5-4-6-8-11/h4-8,12H,2-3,9-10H2,1H3,(H,17,22)(H,20,24)(H,18,19,21). The number of unbranched alkanes of at least 4 members (excludes halogenated alkanes) is 1. The number of hydrogen-bond donors (Lipinski definition) is 3. The zero-order valence-corrected chi connectivity index (χ0v) is 15.4. The molecule has 0 aliphatic carbocycles. The van der Waals surface area contributed by atoms with Crippen molar-refractivity contribution in [3.63, 3.8) is 0 Å². The molecule has 0 spiro atoms. The first-order chi connectivity index (χ1) is 12.1. The Morgan fingerprint density at radius 2 is 2.12 bits per heavy atom. The van der Waals surface area contributed by atoms with Gasteiger partial charge >= 0.3 is 6.09 Å². The molecule has 1 atom stereocenters. The highest BCUT2D eigenvalue weighted by atomic mass is 32.1. The number of carbonyl (C=O) groups is 2. The summed E-state index contributed by atoms with van der Waals surface area (Å²) in [5.74, 6) is -0.345. The van der Waals surface area contributed by atoms with Gasteiger partial charge in [-0.1, -0.05) is 61.4 Å². The van der Waals surface area contributed by atoms with E-state index in [0.29, 0.717) is 15.5 Å². The fourth-order valence-corrected chi connectivity index (χ4v) is 2.85. The Balaban J connectivity index is 1.90. The van der Waals surface area contributed by atoms with Crippen molar-refractivity contribution in [2.75, 3.05) is 5.32 Å². The van der Waals surface area contributed by atoms with E-state index >= 15 is 0 Å². The highest BCUT2D eigenvalue weighted by Crippen LogP contribution is 2.12. The summed E-state index contributed by atoms with van der Waals surface area (Å²) in [6.07, 6.45) is 1.59. The summed E-state index contributed by atoms with van der Waals surface area (Å²) in [5.41, 5.74) is 0.878. The predicted molar refractivity (Wildman–Crippen MR) is 99.0 cm³/mol. The summed E-state index contributed by atoms with van der Waals surface area (Å²) < 4.78 is 5.65. The molecule has 1 aromatic heterocycles. The molecule has 134 valence electrons. The van der Waals surface area contributed by atoms with Crippen molar-refractivity contribution in [1.82, 2.24) is 15.5 Å². The Kier molecular flexibility index (Phi) is 7.55. The number of aromatic nitrogens is 2. The van der Waals surface area contributed by atoms with Crippen LogP contribution >= 0.6 is 23.6 Å². The minimum atomic E-state index is -0.694. The van der Waals surface area contributed by atoms with Crippen LogP contribution < -0.4 is 10.6 Å². The molecule has 2 rings (SSSR count). The average Bonchev–Trinajstić information content (AvgIpc) is 3.02. The number of hydrogen-bond acceptors (Lipinski definition) is 6. The molecule has 2 amide bonds. The Morgan fingerprint density at radius 3 is 2.76 bits per heavy atom. The number of anilines is 1. The molecule has 0 aliphatic rings. The van der Waals surface area contributed by atoms with Gasteiger partial charge < -0.3 is 10.1 Å². The molecule has 9 heteroatoms. The first-order valence-electron chi connectivity index (χ1n) is 7.92. The molecular weight excluding hydrogens is 360 g/mol. The van der Waals surface area contributed by atoms with Crippen molar-refractivity contribution in [2.24, 2.45) is 0 Å². The number of carbonyl (C=O) groups excluding carboxylic acids is 2. The lowest BCUT2D eigenvalue weighted by Gasteiger charge is -2.17. The van der Waals surface area contributed by atoms with Gasteiger partial charge in [0, 0.05) is 0 Å². The number of nitrogens with zero attached hydrogens (tertiary/aromatic N) is 1. The summed E-state index contributed by atoms with van der Waals surface area (Å²) >= 11 is 6.09. The second-order valence-electron chi connectivity index (χ2n) is 5.31. The van der Waals surface area contributed by atoms with E-state index in [1.807, 2.05) is 37.3 Å². The highest BCUT2D eigenvalue weighted by Gasteiger charge is 2.22. The summed E-state index contributed by atoms with van der Waals surface area (Å²) in [6.45, 7) is 2.16. The summed E-state index contributed by atoms with van der Waals surface area (Å²) in [4.78, 5) is 24.4. The first-order valence-corrected chi connectivity index (χ1v) is 9.14. The largest absolute Gasteiger partial charge is 0.445 e. The van der Waals surface area contributed by atoms with Gasteiger partial charge in [-0.15, -0.1) is 5.10 Å². The maximum Gasteiger partial charge on any atom is 0.408 e. The smallest absolute Gasteiger partial charge is 0.408 e. The van der Waals surface area contributed by atoms with Crippen LogP contribution in [0, 0.1) is 3.95 Å². The molecule has 1 aromatic carbocycles. The number of rotatable bonds is 8. The van der Waals surface area contributed by atoms with E-state index in [1.165, 1.54) is 0 Å². The number of ether oxygens (including phenoxy) is 1. The first kappa shape index (κ1) is 19.1. The second-order valence-corrected chi connectivity index (χ2v) is 6.97. The number of alkyl carbamates (subject to hydrolysis) is 1. The molecule has 25 heavy (non-hydrogen) atoms. The van der Waals surface area contributed by atoms with E-state index in [4.69, 9.17) is 17.0 Å². The minimum absolute atomic E-state index is 0.148. The van der Waals surface area contributed by atoms with Crippen molar-refractivity contribution in [3.05, 3.63) is 39.8 Å². The molecule has 0 aliphatic heterocycles. The van der Waals surface area contributed by atoms with E-state index in [1.54, 1.807) is 0 Å². The third kappa shape index (κ3) is 6.63. The fraction of sp³-hybridized carbons (Fsp3) is 0.375. The summed E-state index contributed by atoms with van der Waals surface area (Å²) in [7, 11) is 0. The van der Waals surface area contributed by atoms with Gasteiger partial charge in [-0.2, -0.15) is 0 Å². The van der Waals surface area contributed by atoms with Crippen molar-refractivity contribution in [3.8, 4) is 0 Å².